The van der Waals surface area contributed by atoms with Crippen LogP contribution in [0.5, 0.6) is 0 Å². The molecule has 0 fully saturated rings. The van der Waals surface area contributed by atoms with Gasteiger partial charge in [0.1, 0.15) is 0 Å². The van der Waals surface area contributed by atoms with Crippen molar-refractivity contribution >= 4 is 0 Å². The van der Waals surface area contributed by atoms with Crippen LogP contribution in [0.2, 0.25) is 0 Å². The molecule has 1 unspecified atom stereocenters. The van der Waals surface area contributed by atoms with Crippen molar-refractivity contribution in [1.29, 1.82) is 0 Å². The second-order valence-corrected chi connectivity index (χ2v) is 5.69. The molecule has 0 spiro atoms. The summed E-state index contributed by atoms with van der Waals surface area (Å²) in [6.45, 7) is 11.1. The summed E-state index contributed by atoms with van der Waals surface area (Å²) in [4.78, 5) is 8.84. The smallest absolute Gasteiger partial charge is 0.0957 e. The zero-order chi connectivity index (χ0) is 14.0. The van der Waals surface area contributed by atoms with Gasteiger partial charge in [-0.1, -0.05) is 33.8 Å². The standard InChI is InChI=1S/C16H23N3/c1-11(2)15-16(12(3)4)19(10-18-15)13(5)14-7-6-8-17-9-14/h6-13H,1-5H3. The molecule has 19 heavy (non-hydrogen) atoms. The molecule has 2 aromatic rings. The molecule has 3 heteroatoms. The van der Waals surface area contributed by atoms with E-state index >= 15 is 0 Å². The summed E-state index contributed by atoms with van der Waals surface area (Å²) in [5.74, 6) is 0.929. The molecule has 0 aliphatic rings. The Bertz CT molecular complexity index is 526. The maximum Gasteiger partial charge on any atom is 0.0957 e. The van der Waals surface area contributed by atoms with Gasteiger partial charge in [-0.05, 0) is 30.4 Å². The lowest BCUT2D eigenvalue weighted by atomic mass is 10.00. The monoisotopic (exact) mass is 257 g/mol. The highest BCUT2D eigenvalue weighted by Gasteiger charge is 2.20. The van der Waals surface area contributed by atoms with Crippen LogP contribution >= 0.6 is 0 Å². The Morgan fingerprint density at radius 1 is 1.05 bits per heavy atom. The minimum Gasteiger partial charge on any atom is -0.327 e. The first kappa shape index (κ1) is 13.8. The molecular formula is C16H23N3. The molecule has 0 aliphatic heterocycles. The van der Waals surface area contributed by atoms with Gasteiger partial charge in [0.25, 0.3) is 0 Å². The van der Waals surface area contributed by atoms with Crippen LogP contribution in [0.25, 0.3) is 0 Å². The van der Waals surface area contributed by atoms with Crippen LogP contribution in [-0.4, -0.2) is 14.5 Å². The first-order valence-corrected chi connectivity index (χ1v) is 6.99. The molecule has 0 radical (unpaired) electrons. The van der Waals surface area contributed by atoms with Gasteiger partial charge >= 0.3 is 0 Å². The maximum atomic E-state index is 4.63. The first-order chi connectivity index (χ1) is 9.02. The number of rotatable bonds is 4. The second-order valence-electron chi connectivity index (χ2n) is 5.69. The number of nitrogens with zero attached hydrogens (tertiary/aromatic N) is 3. The van der Waals surface area contributed by atoms with Gasteiger partial charge < -0.3 is 4.57 Å². The maximum absolute atomic E-state index is 4.63. The van der Waals surface area contributed by atoms with Crippen LogP contribution in [0.3, 0.4) is 0 Å². The van der Waals surface area contributed by atoms with Crippen molar-refractivity contribution in [3.8, 4) is 0 Å². The van der Waals surface area contributed by atoms with Crippen molar-refractivity contribution in [3.63, 3.8) is 0 Å². The Hall–Kier alpha value is -1.64. The Morgan fingerprint density at radius 2 is 1.79 bits per heavy atom. The van der Waals surface area contributed by atoms with E-state index in [1.165, 1.54) is 17.0 Å². The van der Waals surface area contributed by atoms with Crippen LogP contribution < -0.4 is 0 Å². The van der Waals surface area contributed by atoms with Crippen molar-refractivity contribution in [1.82, 2.24) is 14.5 Å². The molecule has 1 atom stereocenters. The molecule has 0 amide bonds. The summed E-state index contributed by atoms with van der Waals surface area (Å²) in [5, 5.41) is 0. The third-order valence-corrected chi connectivity index (χ3v) is 3.54. The Labute approximate surface area is 115 Å². The molecule has 0 saturated carbocycles. The van der Waals surface area contributed by atoms with E-state index in [1.54, 1.807) is 0 Å². The average molecular weight is 257 g/mol. The van der Waals surface area contributed by atoms with Crippen LogP contribution in [0.4, 0.5) is 0 Å². The zero-order valence-electron chi connectivity index (χ0n) is 12.5. The molecule has 2 aromatic heterocycles. The SMILES string of the molecule is CC(C)c1ncn(C(C)c2cccnc2)c1C(C)C. The fraction of sp³-hybridized carbons (Fsp3) is 0.500. The molecule has 0 saturated heterocycles. The first-order valence-electron chi connectivity index (χ1n) is 6.99. The minimum absolute atomic E-state index is 0.270. The van der Waals surface area contributed by atoms with Crippen molar-refractivity contribution in [3.05, 3.63) is 47.8 Å². The largest absolute Gasteiger partial charge is 0.327 e. The number of aromatic nitrogens is 3. The van der Waals surface area contributed by atoms with Gasteiger partial charge in [-0.3, -0.25) is 4.98 Å². The molecule has 3 nitrogen and oxygen atoms in total. The third kappa shape index (κ3) is 2.70. The van der Waals surface area contributed by atoms with E-state index in [1.807, 2.05) is 24.8 Å². The van der Waals surface area contributed by atoms with E-state index in [2.05, 4.69) is 55.2 Å². The quantitative estimate of drug-likeness (QED) is 0.824. The average Bonchev–Trinajstić information content (AvgIpc) is 2.83. The second kappa shape index (κ2) is 5.55. The van der Waals surface area contributed by atoms with Gasteiger partial charge in [0, 0.05) is 18.1 Å². The Kier molecular flexibility index (Phi) is 4.03. The summed E-state index contributed by atoms with van der Waals surface area (Å²) < 4.78 is 2.29. The Balaban J connectivity index is 2.45. The van der Waals surface area contributed by atoms with Gasteiger partial charge in [-0.2, -0.15) is 0 Å². The fourth-order valence-corrected chi connectivity index (χ4v) is 2.52. The lowest BCUT2D eigenvalue weighted by molar-refractivity contribution is 0.581. The summed E-state index contributed by atoms with van der Waals surface area (Å²) in [5.41, 5.74) is 3.77. The van der Waals surface area contributed by atoms with E-state index in [-0.39, 0.29) is 6.04 Å². The zero-order valence-corrected chi connectivity index (χ0v) is 12.5. The Morgan fingerprint density at radius 3 is 2.32 bits per heavy atom. The third-order valence-electron chi connectivity index (χ3n) is 3.54. The fourth-order valence-electron chi connectivity index (χ4n) is 2.52. The van der Waals surface area contributed by atoms with Crippen molar-refractivity contribution in [2.75, 3.05) is 0 Å². The lowest BCUT2D eigenvalue weighted by Gasteiger charge is -2.20. The van der Waals surface area contributed by atoms with Gasteiger partial charge in [-0.15, -0.1) is 0 Å². The van der Waals surface area contributed by atoms with Crippen LogP contribution in [0.15, 0.2) is 30.9 Å². The molecular weight excluding hydrogens is 234 g/mol. The molecule has 0 aromatic carbocycles. The molecule has 2 rings (SSSR count). The number of imidazole rings is 1. The normalized spacial score (nSPS) is 13.2. The molecule has 0 aliphatic carbocycles. The molecule has 2 heterocycles. The highest BCUT2D eigenvalue weighted by molar-refractivity contribution is 5.24. The van der Waals surface area contributed by atoms with E-state index in [4.69, 9.17) is 0 Å². The molecule has 0 N–H and O–H groups in total. The van der Waals surface area contributed by atoms with E-state index in [0.717, 1.165) is 0 Å². The number of hydrogen-bond acceptors (Lipinski definition) is 2. The number of pyridine rings is 1. The summed E-state index contributed by atoms with van der Waals surface area (Å²) in [7, 11) is 0. The van der Waals surface area contributed by atoms with E-state index in [9.17, 15) is 0 Å². The van der Waals surface area contributed by atoms with Gasteiger partial charge in [0.2, 0.25) is 0 Å². The summed E-state index contributed by atoms with van der Waals surface area (Å²) in [6, 6.07) is 4.38. The van der Waals surface area contributed by atoms with Crippen molar-refractivity contribution in [2.24, 2.45) is 0 Å². The van der Waals surface area contributed by atoms with E-state index < -0.39 is 0 Å². The summed E-state index contributed by atoms with van der Waals surface area (Å²) in [6.07, 6.45) is 5.72. The predicted octanol–water partition coefficient (Wildman–Crippen LogP) is 4.13. The van der Waals surface area contributed by atoms with Crippen molar-refractivity contribution in [2.45, 2.75) is 52.5 Å². The topological polar surface area (TPSA) is 30.7 Å². The number of hydrogen-bond donors (Lipinski definition) is 0. The van der Waals surface area contributed by atoms with Gasteiger partial charge in [0.15, 0.2) is 0 Å². The van der Waals surface area contributed by atoms with Gasteiger partial charge in [0.05, 0.1) is 18.1 Å². The van der Waals surface area contributed by atoms with Crippen LogP contribution in [0.1, 0.15) is 69.4 Å². The lowest BCUT2D eigenvalue weighted by Crippen LogP contribution is -2.12. The predicted molar refractivity (Wildman–Crippen MR) is 78.5 cm³/mol. The van der Waals surface area contributed by atoms with Crippen LogP contribution in [0, 0.1) is 0 Å². The highest BCUT2D eigenvalue weighted by atomic mass is 15.1. The van der Waals surface area contributed by atoms with Crippen molar-refractivity contribution < 1.29 is 0 Å². The van der Waals surface area contributed by atoms with Gasteiger partial charge in [-0.25, -0.2) is 4.98 Å². The van der Waals surface area contributed by atoms with Crippen LogP contribution in [-0.2, 0) is 0 Å². The molecule has 102 valence electrons. The summed E-state index contributed by atoms with van der Waals surface area (Å²) >= 11 is 0. The van der Waals surface area contributed by atoms with E-state index in [0.29, 0.717) is 11.8 Å². The minimum atomic E-state index is 0.270. The molecule has 0 bridgehead atoms. The highest BCUT2D eigenvalue weighted by Crippen LogP contribution is 2.29.